The molecule has 1 aromatic rings. The third-order valence-electron chi connectivity index (χ3n) is 3.80. The highest BCUT2D eigenvalue weighted by atomic mass is 16.4. The van der Waals surface area contributed by atoms with E-state index in [0.717, 1.165) is 13.1 Å². The van der Waals surface area contributed by atoms with Crippen LogP contribution in [0.15, 0.2) is 30.3 Å². The van der Waals surface area contributed by atoms with Gasteiger partial charge in [-0.1, -0.05) is 44.2 Å². The molecule has 0 amide bonds. The van der Waals surface area contributed by atoms with E-state index in [0.29, 0.717) is 18.5 Å². The smallest absolute Gasteiger partial charge is 0.311 e. The normalized spacial score (nSPS) is 13.9. The number of rotatable bonds is 9. The summed E-state index contributed by atoms with van der Waals surface area (Å²) in [4.78, 5) is 25.2. The van der Waals surface area contributed by atoms with Crippen molar-refractivity contribution in [1.29, 1.82) is 0 Å². The van der Waals surface area contributed by atoms with Gasteiger partial charge in [0.05, 0.1) is 11.8 Å². The second-order valence-electron chi connectivity index (χ2n) is 4.99. The molecule has 0 fully saturated rings. The van der Waals surface area contributed by atoms with Gasteiger partial charge in [0.15, 0.2) is 0 Å². The molecule has 0 saturated carbocycles. The molecule has 0 aliphatic heterocycles. The number of carboxylic acid groups (broad SMARTS) is 2. The van der Waals surface area contributed by atoms with Gasteiger partial charge in [0.2, 0.25) is 0 Å². The van der Waals surface area contributed by atoms with Crippen molar-refractivity contribution < 1.29 is 19.8 Å². The molecule has 5 nitrogen and oxygen atoms in total. The maximum atomic E-state index is 11.6. The van der Waals surface area contributed by atoms with Crippen molar-refractivity contribution >= 4 is 11.9 Å². The molecule has 1 rings (SSSR count). The third kappa shape index (κ3) is 4.86. The number of benzene rings is 1. The average Bonchev–Trinajstić information content (AvgIpc) is 2.47. The molecule has 0 aliphatic carbocycles. The largest absolute Gasteiger partial charge is 0.481 e. The highest BCUT2D eigenvalue weighted by Gasteiger charge is 2.34. The van der Waals surface area contributed by atoms with Crippen LogP contribution in [-0.2, 0) is 9.59 Å². The van der Waals surface area contributed by atoms with Gasteiger partial charge < -0.3 is 15.1 Å². The van der Waals surface area contributed by atoms with E-state index in [4.69, 9.17) is 0 Å². The van der Waals surface area contributed by atoms with Crippen LogP contribution in [0.25, 0.3) is 0 Å². The van der Waals surface area contributed by atoms with Gasteiger partial charge in [-0.25, -0.2) is 0 Å². The van der Waals surface area contributed by atoms with Gasteiger partial charge in [0, 0.05) is 0 Å². The highest BCUT2D eigenvalue weighted by Crippen LogP contribution is 2.28. The van der Waals surface area contributed by atoms with Crippen LogP contribution in [-0.4, -0.2) is 46.7 Å². The molecule has 2 atom stereocenters. The van der Waals surface area contributed by atoms with Gasteiger partial charge in [-0.2, -0.15) is 0 Å². The lowest BCUT2D eigenvalue weighted by atomic mass is 9.84. The first-order chi connectivity index (χ1) is 10.0. The summed E-state index contributed by atoms with van der Waals surface area (Å²) in [7, 11) is 0. The molecule has 5 heteroatoms. The summed E-state index contributed by atoms with van der Waals surface area (Å²) < 4.78 is 0. The molecule has 21 heavy (non-hydrogen) atoms. The second kappa shape index (κ2) is 8.42. The maximum absolute atomic E-state index is 11.6. The first-order valence-corrected chi connectivity index (χ1v) is 7.24. The zero-order valence-electron chi connectivity index (χ0n) is 12.5. The number of nitrogens with zero attached hydrogens (tertiary/aromatic N) is 1. The lowest BCUT2D eigenvalue weighted by Gasteiger charge is -2.24. The van der Waals surface area contributed by atoms with Crippen LogP contribution in [0.3, 0.4) is 0 Å². The van der Waals surface area contributed by atoms with Crippen LogP contribution < -0.4 is 0 Å². The fourth-order valence-corrected chi connectivity index (χ4v) is 2.50. The van der Waals surface area contributed by atoms with Gasteiger partial charge in [-0.05, 0) is 31.6 Å². The van der Waals surface area contributed by atoms with Crippen LogP contribution in [0.5, 0.6) is 0 Å². The Morgan fingerprint density at radius 3 is 2.05 bits per heavy atom. The van der Waals surface area contributed by atoms with Crippen molar-refractivity contribution in [2.75, 3.05) is 19.6 Å². The Morgan fingerprint density at radius 1 is 1.05 bits per heavy atom. The highest BCUT2D eigenvalue weighted by molar-refractivity contribution is 5.84. The molecule has 116 valence electrons. The minimum Gasteiger partial charge on any atom is -0.481 e. The number of hydrogen-bond donors (Lipinski definition) is 2. The summed E-state index contributed by atoms with van der Waals surface area (Å²) in [6, 6.07) is 8.59. The molecule has 0 spiro atoms. The molecule has 1 aromatic carbocycles. The molecule has 0 aliphatic rings. The summed E-state index contributed by atoms with van der Waals surface area (Å²) in [5, 5.41) is 18.9. The van der Waals surface area contributed by atoms with Crippen LogP contribution in [0, 0.1) is 5.92 Å². The van der Waals surface area contributed by atoms with E-state index in [1.54, 1.807) is 30.3 Å². The summed E-state index contributed by atoms with van der Waals surface area (Å²) in [6.07, 6.45) is 0.322. The van der Waals surface area contributed by atoms with Gasteiger partial charge in [-0.3, -0.25) is 9.59 Å². The first-order valence-electron chi connectivity index (χ1n) is 7.24. The van der Waals surface area contributed by atoms with E-state index in [9.17, 15) is 19.8 Å². The van der Waals surface area contributed by atoms with Crippen LogP contribution in [0.4, 0.5) is 0 Å². The Balaban J connectivity index is 2.94. The maximum Gasteiger partial charge on any atom is 0.311 e. The van der Waals surface area contributed by atoms with E-state index >= 15 is 0 Å². The SMILES string of the molecule is CCN(CC)CC[C@@H](C(=O)O)[C@H](C(=O)O)c1ccccc1. The second-order valence-corrected chi connectivity index (χ2v) is 4.99. The topological polar surface area (TPSA) is 77.8 Å². The molecule has 0 saturated heterocycles. The zero-order valence-corrected chi connectivity index (χ0v) is 12.5. The van der Waals surface area contributed by atoms with Gasteiger partial charge in [0.1, 0.15) is 0 Å². The van der Waals surface area contributed by atoms with E-state index in [2.05, 4.69) is 4.90 Å². The summed E-state index contributed by atoms with van der Waals surface area (Å²) in [5.74, 6) is -4.09. The van der Waals surface area contributed by atoms with E-state index in [-0.39, 0.29) is 0 Å². The van der Waals surface area contributed by atoms with Crippen molar-refractivity contribution in [2.24, 2.45) is 5.92 Å². The Kier molecular flexibility index (Phi) is 6.88. The Morgan fingerprint density at radius 2 is 1.62 bits per heavy atom. The van der Waals surface area contributed by atoms with Crippen LogP contribution in [0.2, 0.25) is 0 Å². The minimum absolute atomic E-state index is 0.322. The Labute approximate surface area is 125 Å². The zero-order chi connectivity index (χ0) is 15.8. The lowest BCUT2D eigenvalue weighted by Crippen LogP contribution is -2.33. The van der Waals surface area contributed by atoms with Crippen LogP contribution >= 0.6 is 0 Å². The summed E-state index contributed by atoms with van der Waals surface area (Å²) >= 11 is 0. The molecule has 0 radical (unpaired) electrons. The predicted molar refractivity (Wildman–Crippen MR) is 80.3 cm³/mol. The number of carbonyl (C=O) groups is 2. The number of aliphatic carboxylic acids is 2. The number of hydrogen-bond acceptors (Lipinski definition) is 3. The van der Waals surface area contributed by atoms with E-state index < -0.39 is 23.8 Å². The molecule has 0 aromatic heterocycles. The number of carboxylic acids is 2. The monoisotopic (exact) mass is 293 g/mol. The van der Waals surface area contributed by atoms with Crippen molar-refractivity contribution in [2.45, 2.75) is 26.2 Å². The molecule has 0 unspecified atom stereocenters. The standard InChI is InChI=1S/C16H23NO4/c1-3-17(4-2)11-10-13(15(18)19)14(16(20)21)12-8-6-5-7-9-12/h5-9,13-14H,3-4,10-11H2,1-2H3,(H,18,19)(H,20,21)/t13-,14-/m1/s1. The summed E-state index contributed by atoms with van der Waals surface area (Å²) in [6.45, 7) is 6.24. The molecule has 0 bridgehead atoms. The molecular weight excluding hydrogens is 270 g/mol. The minimum atomic E-state index is -1.09. The van der Waals surface area contributed by atoms with Crippen molar-refractivity contribution in [3.63, 3.8) is 0 Å². The average molecular weight is 293 g/mol. The predicted octanol–water partition coefficient (Wildman–Crippen LogP) is 2.29. The van der Waals surface area contributed by atoms with E-state index in [1.807, 2.05) is 13.8 Å². The summed E-state index contributed by atoms with van der Waals surface area (Å²) in [5.41, 5.74) is 0.539. The first kappa shape index (κ1) is 17.2. The van der Waals surface area contributed by atoms with Crippen molar-refractivity contribution in [3.8, 4) is 0 Å². The fourth-order valence-electron chi connectivity index (χ4n) is 2.50. The molecule has 2 N–H and O–H groups in total. The fraction of sp³-hybridized carbons (Fsp3) is 0.500. The Hall–Kier alpha value is -1.88. The van der Waals surface area contributed by atoms with Gasteiger partial charge in [-0.15, -0.1) is 0 Å². The third-order valence-corrected chi connectivity index (χ3v) is 3.80. The van der Waals surface area contributed by atoms with Gasteiger partial charge in [0.25, 0.3) is 0 Å². The van der Waals surface area contributed by atoms with E-state index in [1.165, 1.54) is 0 Å². The Bertz CT molecular complexity index is 457. The quantitative estimate of drug-likeness (QED) is 0.730. The lowest BCUT2D eigenvalue weighted by molar-refractivity contribution is -0.150. The molecular formula is C16H23NO4. The van der Waals surface area contributed by atoms with Crippen molar-refractivity contribution in [1.82, 2.24) is 4.90 Å². The van der Waals surface area contributed by atoms with Gasteiger partial charge >= 0.3 is 11.9 Å². The molecule has 0 heterocycles. The van der Waals surface area contributed by atoms with Crippen molar-refractivity contribution in [3.05, 3.63) is 35.9 Å². The van der Waals surface area contributed by atoms with Crippen LogP contribution in [0.1, 0.15) is 31.7 Å².